The van der Waals surface area contributed by atoms with Crippen LogP contribution in [0.5, 0.6) is 0 Å². The Kier molecular flexibility index (Phi) is 4.95. The molecule has 0 saturated heterocycles. The molecule has 3 N–H and O–H groups in total. The van der Waals surface area contributed by atoms with E-state index in [0.29, 0.717) is 6.61 Å². The largest absolute Gasteiger partial charge is 0.383 e. The van der Waals surface area contributed by atoms with Gasteiger partial charge in [0.1, 0.15) is 6.04 Å². The first kappa shape index (κ1) is 12.7. The van der Waals surface area contributed by atoms with E-state index in [1.54, 1.807) is 7.11 Å². The van der Waals surface area contributed by atoms with Crippen molar-refractivity contribution >= 4 is 5.91 Å². The second-order valence-electron chi connectivity index (χ2n) is 3.77. The molecular formula is C12H18N2O2. The highest BCUT2D eigenvalue weighted by Gasteiger charge is 2.19. The van der Waals surface area contributed by atoms with Gasteiger partial charge in [-0.1, -0.05) is 30.3 Å². The Morgan fingerprint density at radius 1 is 1.44 bits per heavy atom. The number of carbonyl (C=O) groups excluding carboxylic acids is 1. The highest BCUT2D eigenvalue weighted by molar-refractivity contribution is 5.81. The van der Waals surface area contributed by atoms with Crippen LogP contribution in [0.4, 0.5) is 0 Å². The Bertz CT molecular complexity index is 327. The Hall–Kier alpha value is -1.39. The summed E-state index contributed by atoms with van der Waals surface area (Å²) in [5.74, 6) is -0.380. The number of amides is 1. The summed E-state index contributed by atoms with van der Waals surface area (Å²) in [5, 5.41) is 3.13. The van der Waals surface area contributed by atoms with Crippen LogP contribution in [0, 0.1) is 0 Å². The van der Waals surface area contributed by atoms with Gasteiger partial charge < -0.3 is 10.5 Å². The minimum absolute atomic E-state index is 0.0720. The molecule has 0 aliphatic carbocycles. The van der Waals surface area contributed by atoms with Gasteiger partial charge >= 0.3 is 0 Å². The first-order valence-electron chi connectivity index (χ1n) is 5.24. The van der Waals surface area contributed by atoms with Crippen LogP contribution in [0.25, 0.3) is 0 Å². The molecule has 0 aliphatic heterocycles. The molecule has 0 unspecified atom stereocenters. The van der Waals surface area contributed by atoms with Gasteiger partial charge in [0.25, 0.3) is 0 Å². The van der Waals surface area contributed by atoms with Crippen molar-refractivity contribution in [3.8, 4) is 0 Å². The molecule has 0 heterocycles. The molecule has 2 atom stereocenters. The number of methoxy groups -OCH3 is 1. The van der Waals surface area contributed by atoms with Gasteiger partial charge in [0, 0.05) is 13.2 Å². The maximum atomic E-state index is 11.4. The van der Waals surface area contributed by atoms with Gasteiger partial charge in [-0.3, -0.25) is 10.1 Å². The van der Waals surface area contributed by atoms with Gasteiger partial charge in [-0.05, 0) is 12.5 Å². The lowest BCUT2D eigenvalue weighted by molar-refractivity contribution is -0.120. The maximum Gasteiger partial charge on any atom is 0.239 e. The molecule has 0 bridgehead atoms. The summed E-state index contributed by atoms with van der Waals surface area (Å²) in [5.41, 5.74) is 6.24. The molecule has 4 heteroatoms. The summed E-state index contributed by atoms with van der Waals surface area (Å²) in [6.45, 7) is 2.49. The van der Waals surface area contributed by atoms with E-state index in [1.165, 1.54) is 0 Å². The average Bonchev–Trinajstić information content (AvgIpc) is 2.27. The summed E-state index contributed by atoms with van der Waals surface area (Å²) in [6, 6.07) is 9.03. The van der Waals surface area contributed by atoms with Gasteiger partial charge in [-0.2, -0.15) is 0 Å². The maximum absolute atomic E-state index is 11.4. The van der Waals surface area contributed by atoms with Gasteiger partial charge in [0.05, 0.1) is 6.61 Å². The van der Waals surface area contributed by atoms with Crippen molar-refractivity contribution in [2.24, 2.45) is 5.73 Å². The first-order chi connectivity index (χ1) is 7.65. The van der Waals surface area contributed by atoms with Crippen molar-refractivity contribution in [2.45, 2.75) is 19.0 Å². The fourth-order valence-electron chi connectivity index (χ4n) is 1.57. The molecule has 16 heavy (non-hydrogen) atoms. The normalized spacial score (nSPS) is 14.4. The molecule has 1 amide bonds. The summed E-state index contributed by atoms with van der Waals surface area (Å²) < 4.78 is 5.01. The van der Waals surface area contributed by atoms with Crippen LogP contribution in [0.3, 0.4) is 0 Å². The van der Waals surface area contributed by atoms with Crippen LogP contribution in [-0.2, 0) is 9.53 Å². The molecule has 1 aromatic rings. The van der Waals surface area contributed by atoms with E-state index in [-0.39, 0.29) is 11.9 Å². The van der Waals surface area contributed by atoms with Crippen molar-refractivity contribution in [1.82, 2.24) is 5.32 Å². The molecule has 0 aliphatic rings. The van der Waals surface area contributed by atoms with E-state index in [9.17, 15) is 4.79 Å². The molecule has 0 spiro atoms. The second-order valence-corrected chi connectivity index (χ2v) is 3.77. The third-order valence-corrected chi connectivity index (χ3v) is 2.29. The topological polar surface area (TPSA) is 64.3 Å². The van der Waals surface area contributed by atoms with E-state index < -0.39 is 6.04 Å². The quantitative estimate of drug-likeness (QED) is 0.749. The minimum atomic E-state index is -0.466. The third kappa shape index (κ3) is 3.64. The summed E-state index contributed by atoms with van der Waals surface area (Å²) >= 11 is 0. The monoisotopic (exact) mass is 222 g/mol. The van der Waals surface area contributed by atoms with E-state index >= 15 is 0 Å². The van der Waals surface area contributed by atoms with Gasteiger partial charge in [-0.15, -0.1) is 0 Å². The van der Waals surface area contributed by atoms with Crippen molar-refractivity contribution in [1.29, 1.82) is 0 Å². The third-order valence-electron chi connectivity index (χ3n) is 2.29. The lowest BCUT2D eigenvalue weighted by Crippen LogP contribution is -2.40. The van der Waals surface area contributed by atoms with Crippen molar-refractivity contribution in [3.05, 3.63) is 35.9 Å². The smallest absolute Gasteiger partial charge is 0.239 e. The number of hydrogen-bond donors (Lipinski definition) is 2. The zero-order valence-corrected chi connectivity index (χ0v) is 9.64. The molecule has 0 aromatic heterocycles. The molecule has 88 valence electrons. The highest BCUT2D eigenvalue weighted by atomic mass is 16.5. The predicted molar refractivity (Wildman–Crippen MR) is 62.9 cm³/mol. The Labute approximate surface area is 95.8 Å². The molecule has 0 fully saturated rings. The Morgan fingerprint density at radius 3 is 2.56 bits per heavy atom. The molecule has 0 radical (unpaired) electrons. The standard InChI is InChI=1S/C12H18N2O2/c1-9(8-16-2)14-11(12(13)15)10-6-4-3-5-7-10/h3-7,9,11,14H,8H2,1-2H3,(H2,13,15)/t9-,11+/m0/s1. The fraction of sp³-hybridized carbons (Fsp3) is 0.417. The number of ether oxygens (including phenoxy) is 1. The number of nitrogens with two attached hydrogens (primary N) is 1. The number of benzene rings is 1. The van der Waals surface area contributed by atoms with E-state index in [4.69, 9.17) is 10.5 Å². The Morgan fingerprint density at radius 2 is 2.06 bits per heavy atom. The van der Waals surface area contributed by atoms with Gasteiger partial charge in [0.2, 0.25) is 5.91 Å². The second kappa shape index (κ2) is 6.25. The average molecular weight is 222 g/mol. The highest BCUT2D eigenvalue weighted by Crippen LogP contribution is 2.12. The Balaban J connectivity index is 2.73. The number of carbonyl (C=O) groups is 1. The summed E-state index contributed by atoms with van der Waals surface area (Å²) in [4.78, 5) is 11.4. The number of primary amides is 1. The fourth-order valence-corrected chi connectivity index (χ4v) is 1.57. The van der Waals surface area contributed by atoms with Crippen molar-refractivity contribution in [3.63, 3.8) is 0 Å². The van der Waals surface area contributed by atoms with Crippen molar-refractivity contribution < 1.29 is 9.53 Å². The number of hydrogen-bond acceptors (Lipinski definition) is 3. The summed E-state index contributed by atoms with van der Waals surface area (Å²) in [7, 11) is 1.62. The lowest BCUT2D eigenvalue weighted by Gasteiger charge is -2.20. The molecular weight excluding hydrogens is 204 g/mol. The van der Waals surface area contributed by atoms with Gasteiger partial charge in [-0.25, -0.2) is 0 Å². The summed E-state index contributed by atoms with van der Waals surface area (Å²) in [6.07, 6.45) is 0. The predicted octanol–water partition coefficient (Wildman–Crippen LogP) is 0.838. The molecule has 1 rings (SSSR count). The zero-order valence-electron chi connectivity index (χ0n) is 9.64. The van der Waals surface area contributed by atoms with Crippen LogP contribution >= 0.6 is 0 Å². The van der Waals surface area contributed by atoms with Crippen LogP contribution in [-0.4, -0.2) is 25.7 Å². The van der Waals surface area contributed by atoms with Gasteiger partial charge in [0.15, 0.2) is 0 Å². The number of rotatable bonds is 6. The van der Waals surface area contributed by atoms with E-state index in [0.717, 1.165) is 5.56 Å². The molecule has 4 nitrogen and oxygen atoms in total. The molecule has 0 saturated carbocycles. The zero-order chi connectivity index (χ0) is 12.0. The van der Waals surface area contributed by atoms with E-state index in [2.05, 4.69) is 5.32 Å². The van der Waals surface area contributed by atoms with Crippen LogP contribution < -0.4 is 11.1 Å². The lowest BCUT2D eigenvalue weighted by atomic mass is 10.1. The number of nitrogens with one attached hydrogen (secondary N) is 1. The first-order valence-corrected chi connectivity index (χ1v) is 5.24. The SMILES string of the molecule is COC[C@H](C)N[C@@H](C(N)=O)c1ccccc1. The minimum Gasteiger partial charge on any atom is -0.383 e. The van der Waals surface area contributed by atoms with E-state index in [1.807, 2.05) is 37.3 Å². The van der Waals surface area contributed by atoms with Crippen LogP contribution in [0.1, 0.15) is 18.5 Å². The van der Waals surface area contributed by atoms with Crippen LogP contribution in [0.2, 0.25) is 0 Å². The molecule has 1 aromatic carbocycles. The van der Waals surface area contributed by atoms with Crippen LogP contribution in [0.15, 0.2) is 30.3 Å². The van der Waals surface area contributed by atoms with Crippen molar-refractivity contribution in [2.75, 3.05) is 13.7 Å².